The number of carboxylic acids is 1. The molecule has 1 aromatic heterocycles. The van der Waals surface area contributed by atoms with Crippen LogP contribution in [0, 0.1) is 0 Å². The van der Waals surface area contributed by atoms with E-state index in [9.17, 15) is 4.79 Å². The fourth-order valence-corrected chi connectivity index (χ4v) is 3.81. The van der Waals surface area contributed by atoms with Crippen LogP contribution in [0.1, 0.15) is 26.2 Å². The SMILES string of the molecule is CC1(n2c(SCC(=O)O)nc3cccc(Cl)c32)CCC1. The number of para-hydroxylation sites is 1. The van der Waals surface area contributed by atoms with Crippen molar-refractivity contribution >= 4 is 40.4 Å². The molecule has 106 valence electrons. The highest BCUT2D eigenvalue weighted by atomic mass is 35.5. The molecule has 4 nitrogen and oxygen atoms in total. The Kier molecular flexibility index (Phi) is 3.42. The van der Waals surface area contributed by atoms with Gasteiger partial charge in [0.1, 0.15) is 0 Å². The summed E-state index contributed by atoms with van der Waals surface area (Å²) in [5, 5.41) is 10.3. The predicted molar refractivity (Wildman–Crippen MR) is 80.6 cm³/mol. The quantitative estimate of drug-likeness (QED) is 0.873. The predicted octanol–water partition coefficient (Wildman–Crippen LogP) is 3.77. The maximum absolute atomic E-state index is 10.8. The van der Waals surface area contributed by atoms with Crippen molar-refractivity contribution in [3.8, 4) is 0 Å². The topological polar surface area (TPSA) is 55.1 Å². The molecule has 1 aliphatic rings. The molecule has 3 rings (SSSR count). The van der Waals surface area contributed by atoms with Crippen LogP contribution in [0.25, 0.3) is 11.0 Å². The van der Waals surface area contributed by atoms with E-state index in [1.807, 2.05) is 18.2 Å². The van der Waals surface area contributed by atoms with E-state index in [1.165, 1.54) is 18.2 Å². The fourth-order valence-electron chi connectivity index (χ4n) is 2.70. The van der Waals surface area contributed by atoms with Crippen molar-refractivity contribution in [2.45, 2.75) is 36.9 Å². The molecule has 0 unspecified atom stereocenters. The van der Waals surface area contributed by atoms with Crippen molar-refractivity contribution in [1.82, 2.24) is 9.55 Å². The van der Waals surface area contributed by atoms with Crippen LogP contribution in [0.5, 0.6) is 0 Å². The van der Waals surface area contributed by atoms with E-state index in [2.05, 4.69) is 16.5 Å². The second-order valence-electron chi connectivity index (χ2n) is 5.37. The summed E-state index contributed by atoms with van der Waals surface area (Å²) in [5.41, 5.74) is 1.75. The van der Waals surface area contributed by atoms with Gasteiger partial charge in [0, 0.05) is 5.54 Å². The second kappa shape index (κ2) is 4.97. The Labute approximate surface area is 126 Å². The lowest BCUT2D eigenvalue weighted by Gasteiger charge is -2.41. The van der Waals surface area contributed by atoms with Crippen molar-refractivity contribution < 1.29 is 9.90 Å². The molecule has 2 aromatic rings. The van der Waals surface area contributed by atoms with Gasteiger partial charge in [-0.1, -0.05) is 29.4 Å². The van der Waals surface area contributed by atoms with Gasteiger partial charge in [0.05, 0.1) is 21.8 Å². The van der Waals surface area contributed by atoms with Gasteiger partial charge in [-0.15, -0.1) is 0 Å². The minimum atomic E-state index is -0.835. The monoisotopic (exact) mass is 310 g/mol. The fraction of sp³-hybridized carbons (Fsp3) is 0.429. The Balaban J connectivity index is 2.15. The summed E-state index contributed by atoms with van der Waals surface area (Å²) in [4.78, 5) is 15.4. The number of imidazole rings is 1. The van der Waals surface area contributed by atoms with Gasteiger partial charge in [-0.3, -0.25) is 4.79 Å². The standard InChI is InChI=1S/C14H15ClN2O2S/c1-14(6-3-7-14)17-12-9(15)4-2-5-10(12)16-13(17)20-8-11(18)19/h2,4-5H,3,6-8H2,1H3,(H,18,19). The van der Waals surface area contributed by atoms with Crippen LogP contribution in [-0.4, -0.2) is 26.4 Å². The highest BCUT2D eigenvalue weighted by Crippen LogP contribution is 2.44. The van der Waals surface area contributed by atoms with E-state index in [0.717, 1.165) is 29.0 Å². The molecule has 1 heterocycles. The van der Waals surface area contributed by atoms with Crippen molar-refractivity contribution in [1.29, 1.82) is 0 Å². The average molecular weight is 311 g/mol. The van der Waals surface area contributed by atoms with Crippen LogP contribution >= 0.6 is 23.4 Å². The molecule has 1 N–H and O–H groups in total. The maximum atomic E-state index is 10.8. The van der Waals surface area contributed by atoms with E-state index in [-0.39, 0.29) is 11.3 Å². The highest BCUT2D eigenvalue weighted by Gasteiger charge is 2.37. The van der Waals surface area contributed by atoms with E-state index in [0.29, 0.717) is 5.02 Å². The summed E-state index contributed by atoms with van der Waals surface area (Å²) < 4.78 is 2.14. The largest absolute Gasteiger partial charge is 0.481 e. The number of carbonyl (C=O) groups is 1. The smallest absolute Gasteiger partial charge is 0.313 e. The van der Waals surface area contributed by atoms with Crippen LogP contribution < -0.4 is 0 Å². The van der Waals surface area contributed by atoms with Gasteiger partial charge in [-0.2, -0.15) is 0 Å². The highest BCUT2D eigenvalue weighted by molar-refractivity contribution is 7.99. The number of aromatic nitrogens is 2. The van der Waals surface area contributed by atoms with Gasteiger partial charge in [0.2, 0.25) is 0 Å². The summed E-state index contributed by atoms with van der Waals surface area (Å²) in [7, 11) is 0. The molecular formula is C14H15ClN2O2S. The van der Waals surface area contributed by atoms with Crippen LogP contribution in [0.2, 0.25) is 5.02 Å². The van der Waals surface area contributed by atoms with E-state index in [1.54, 1.807) is 0 Å². The zero-order valence-electron chi connectivity index (χ0n) is 11.1. The molecular weight excluding hydrogens is 296 g/mol. The lowest BCUT2D eigenvalue weighted by molar-refractivity contribution is -0.133. The number of hydrogen-bond donors (Lipinski definition) is 1. The van der Waals surface area contributed by atoms with Crippen molar-refractivity contribution in [2.24, 2.45) is 0 Å². The van der Waals surface area contributed by atoms with Gasteiger partial charge in [-0.25, -0.2) is 4.98 Å². The van der Waals surface area contributed by atoms with E-state index >= 15 is 0 Å². The summed E-state index contributed by atoms with van der Waals surface area (Å²) in [5.74, 6) is -0.824. The molecule has 0 amide bonds. The summed E-state index contributed by atoms with van der Waals surface area (Å²) in [6.07, 6.45) is 3.33. The molecule has 20 heavy (non-hydrogen) atoms. The Morgan fingerprint density at radius 1 is 1.55 bits per heavy atom. The molecule has 6 heteroatoms. The zero-order valence-corrected chi connectivity index (χ0v) is 12.7. The lowest BCUT2D eigenvalue weighted by atomic mass is 9.78. The van der Waals surface area contributed by atoms with Crippen LogP contribution in [0.4, 0.5) is 0 Å². The molecule has 0 bridgehead atoms. The number of fused-ring (bicyclic) bond motifs is 1. The summed E-state index contributed by atoms with van der Waals surface area (Å²) in [6.45, 7) is 2.19. The average Bonchev–Trinajstić information content (AvgIpc) is 2.74. The molecule has 1 saturated carbocycles. The number of hydrogen-bond acceptors (Lipinski definition) is 3. The van der Waals surface area contributed by atoms with Crippen LogP contribution in [-0.2, 0) is 10.3 Å². The molecule has 0 saturated heterocycles. The third kappa shape index (κ3) is 2.19. The van der Waals surface area contributed by atoms with Gasteiger partial charge < -0.3 is 9.67 Å². The van der Waals surface area contributed by atoms with Crippen molar-refractivity contribution in [3.63, 3.8) is 0 Å². The number of carboxylic acid groups (broad SMARTS) is 1. The first-order chi connectivity index (χ1) is 9.51. The second-order valence-corrected chi connectivity index (χ2v) is 6.72. The van der Waals surface area contributed by atoms with Crippen molar-refractivity contribution in [2.75, 3.05) is 5.75 Å². The number of halogens is 1. The molecule has 0 aliphatic heterocycles. The maximum Gasteiger partial charge on any atom is 0.313 e. The third-order valence-electron chi connectivity index (χ3n) is 3.89. The van der Waals surface area contributed by atoms with Gasteiger partial charge in [0.15, 0.2) is 5.16 Å². The minimum Gasteiger partial charge on any atom is -0.481 e. The Morgan fingerprint density at radius 3 is 2.90 bits per heavy atom. The summed E-state index contributed by atoms with van der Waals surface area (Å²) >= 11 is 7.60. The molecule has 1 aliphatic carbocycles. The normalized spacial score (nSPS) is 17.1. The summed E-state index contributed by atoms with van der Waals surface area (Å²) in [6, 6.07) is 5.65. The third-order valence-corrected chi connectivity index (χ3v) is 5.12. The number of benzene rings is 1. The number of thioether (sulfide) groups is 1. The Hall–Kier alpha value is -1.20. The van der Waals surface area contributed by atoms with E-state index in [4.69, 9.17) is 16.7 Å². The molecule has 1 aromatic carbocycles. The zero-order chi connectivity index (χ0) is 14.3. The number of rotatable bonds is 4. The van der Waals surface area contributed by atoms with Gasteiger partial charge in [0.25, 0.3) is 0 Å². The first kappa shape index (κ1) is 13.8. The molecule has 0 spiro atoms. The molecule has 0 atom stereocenters. The van der Waals surface area contributed by atoms with Gasteiger partial charge in [-0.05, 0) is 38.3 Å². The number of nitrogens with zero attached hydrogens (tertiary/aromatic N) is 2. The molecule has 1 fully saturated rings. The number of aliphatic carboxylic acids is 1. The molecule has 0 radical (unpaired) electrons. The van der Waals surface area contributed by atoms with E-state index < -0.39 is 5.97 Å². The van der Waals surface area contributed by atoms with Crippen LogP contribution in [0.3, 0.4) is 0 Å². The lowest BCUT2D eigenvalue weighted by Crippen LogP contribution is -2.37. The van der Waals surface area contributed by atoms with Crippen molar-refractivity contribution in [3.05, 3.63) is 23.2 Å². The first-order valence-electron chi connectivity index (χ1n) is 6.53. The Morgan fingerprint density at radius 2 is 2.30 bits per heavy atom. The van der Waals surface area contributed by atoms with Crippen LogP contribution in [0.15, 0.2) is 23.4 Å². The minimum absolute atomic E-state index is 0.000575. The van der Waals surface area contributed by atoms with Gasteiger partial charge >= 0.3 is 5.97 Å². The first-order valence-corrected chi connectivity index (χ1v) is 7.90. The Bertz CT molecular complexity index is 679.